The summed E-state index contributed by atoms with van der Waals surface area (Å²) in [6.07, 6.45) is 16.6. The summed E-state index contributed by atoms with van der Waals surface area (Å²) in [7, 11) is 4.76. The van der Waals surface area contributed by atoms with Crippen molar-refractivity contribution < 1.29 is 17.3 Å². The Kier molecular flexibility index (Phi) is 20.8. The Hall–Kier alpha value is 0.393. The van der Waals surface area contributed by atoms with E-state index in [9.17, 15) is 0 Å². The van der Waals surface area contributed by atoms with Crippen molar-refractivity contribution in [1.82, 2.24) is 0 Å². The maximum absolute atomic E-state index is 4.76. The molecule has 0 bridgehead atoms. The second-order valence-electron chi connectivity index (χ2n) is 3.76. The molecule has 0 radical (unpaired) electrons. The van der Waals surface area contributed by atoms with E-state index in [0.717, 1.165) is 30.2 Å². The van der Waals surface area contributed by atoms with Gasteiger partial charge in [-0.1, -0.05) is 58.1 Å². The van der Waals surface area contributed by atoms with Gasteiger partial charge in [0.2, 0.25) is 0 Å². The monoisotopic (exact) mass is 292 g/mol. The van der Waals surface area contributed by atoms with E-state index in [0.29, 0.717) is 0 Å². The molecule has 16 heavy (non-hydrogen) atoms. The molecule has 0 nitrogen and oxygen atoms in total. The van der Waals surface area contributed by atoms with E-state index in [1.165, 1.54) is 37.7 Å². The van der Waals surface area contributed by atoms with Gasteiger partial charge in [-0.15, -0.1) is 0 Å². The van der Waals surface area contributed by atoms with Crippen LogP contribution in [0.4, 0.5) is 0 Å². The molecule has 0 aliphatic heterocycles. The van der Waals surface area contributed by atoms with Gasteiger partial charge in [0, 0.05) is 0 Å². The van der Waals surface area contributed by atoms with Crippen LogP contribution in [0.1, 0.15) is 65.7 Å². The maximum atomic E-state index is 4.76. The van der Waals surface area contributed by atoms with Crippen molar-refractivity contribution in [3.63, 3.8) is 0 Å². The zero-order valence-corrected chi connectivity index (χ0v) is 14.9. The minimum absolute atomic E-state index is 0.847. The topological polar surface area (TPSA) is 0 Å². The van der Waals surface area contributed by atoms with E-state index in [-0.39, 0.29) is 0 Å². The predicted octanol–water partition coefficient (Wildman–Crippen LogP) is 5.75. The fourth-order valence-electron chi connectivity index (χ4n) is 1.35. The molecular formula is C14H25ClZn. The van der Waals surface area contributed by atoms with Gasteiger partial charge in [0.1, 0.15) is 0 Å². The zero-order valence-electron chi connectivity index (χ0n) is 11.2. The van der Waals surface area contributed by atoms with Gasteiger partial charge in [-0.25, -0.2) is 0 Å². The van der Waals surface area contributed by atoms with Gasteiger partial charge >= 0.3 is 27.0 Å². The van der Waals surface area contributed by atoms with Crippen molar-refractivity contribution in [3.05, 3.63) is 23.8 Å². The Morgan fingerprint density at radius 2 is 1.81 bits per heavy atom. The van der Waals surface area contributed by atoms with E-state index < -0.39 is 0 Å². The van der Waals surface area contributed by atoms with Crippen molar-refractivity contribution in [2.24, 2.45) is 0 Å². The van der Waals surface area contributed by atoms with Crippen LogP contribution in [0, 0.1) is 6.08 Å². The number of allylic oxidation sites excluding steroid dienone is 4. The van der Waals surface area contributed by atoms with E-state index in [1.54, 1.807) is 0 Å². The van der Waals surface area contributed by atoms with E-state index in [4.69, 9.17) is 9.69 Å². The average Bonchev–Trinajstić information content (AvgIpc) is 2.34. The third-order valence-corrected chi connectivity index (χ3v) is 2.34. The molecule has 0 saturated heterocycles. The van der Waals surface area contributed by atoms with Crippen molar-refractivity contribution in [2.45, 2.75) is 65.7 Å². The van der Waals surface area contributed by atoms with Crippen LogP contribution in [0.2, 0.25) is 0 Å². The van der Waals surface area contributed by atoms with Crippen LogP contribution in [0.3, 0.4) is 0 Å². The molecule has 0 N–H and O–H groups in total. The summed E-state index contributed by atoms with van der Waals surface area (Å²) in [6.45, 7) is 6.57. The Labute approximate surface area is 116 Å². The van der Waals surface area contributed by atoms with Gasteiger partial charge in [-0.05, 0) is 13.3 Å². The van der Waals surface area contributed by atoms with Gasteiger partial charge in [0.25, 0.3) is 0 Å². The first-order chi connectivity index (χ1) is 7.85. The summed E-state index contributed by atoms with van der Waals surface area (Å²) in [6, 6.07) is 0. The van der Waals surface area contributed by atoms with Gasteiger partial charge in [0.05, 0.1) is 0 Å². The second-order valence-corrected chi connectivity index (χ2v) is 3.76. The number of hydrogen-bond acceptors (Lipinski definition) is 0. The Balaban J connectivity index is 0. The number of unbranched alkanes of at least 4 members (excludes halogenated alkanes) is 3. The molecular weight excluding hydrogens is 269 g/mol. The number of hydrogen-bond donors (Lipinski definition) is 0. The first-order valence-corrected chi connectivity index (χ1v) is 10.2. The third-order valence-electron chi connectivity index (χ3n) is 2.34. The van der Waals surface area contributed by atoms with Crippen LogP contribution in [-0.2, 0) is 17.3 Å². The Bertz CT molecular complexity index is 174. The van der Waals surface area contributed by atoms with Crippen molar-refractivity contribution in [3.8, 4) is 0 Å². The zero-order chi connectivity index (χ0) is 12.6. The van der Waals surface area contributed by atoms with Crippen molar-refractivity contribution in [1.29, 1.82) is 0 Å². The van der Waals surface area contributed by atoms with E-state index in [1.807, 2.05) is 0 Å². The predicted molar refractivity (Wildman–Crippen MR) is 71.1 cm³/mol. The molecule has 0 spiro atoms. The SMILES string of the molecule is C/C=C/CC(=[C-]CCCC)CCCC.[Cl][Zn+]. The fraction of sp³-hybridized carbons (Fsp3) is 0.714. The van der Waals surface area contributed by atoms with E-state index >= 15 is 0 Å². The van der Waals surface area contributed by atoms with Gasteiger partial charge in [-0.3, -0.25) is 5.57 Å². The molecule has 0 unspecified atom stereocenters. The van der Waals surface area contributed by atoms with Gasteiger partial charge in [0.15, 0.2) is 0 Å². The molecule has 0 saturated carbocycles. The molecule has 0 aliphatic carbocycles. The van der Waals surface area contributed by atoms with Crippen LogP contribution < -0.4 is 0 Å². The normalized spacial score (nSPS) is 11.5. The molecule has 0 aromatic rings. The molecule has 0 heterocycles. The molecule has 0 atom stereocenters. The summed E-state index contributed by atoms with van der Waals surface area (Å²) < 4.78 is 0. The Morgan fingerprint density at radius 1 is 1.19 bits per heavy atom. The van der Waals surface area contributed by atoms with Crippen molar-refractivity contribution >= 4 is 9.69 Å². The van der Waals surface area contributed by atoms with E-state index in [2.05, 4.69) is 39.0 Å². The van der Waals surface area contributed by atoms with Crippen LogP contribution in [0.25, 0.3) is 0 Å². The molecule has 2 heteroatoms. The molecule has 0 amide bonds. The van der Waals surface area contributed by atoms with Crippen molar-refractivity contribution in [2.75, 3.05) is 0 Å². The first kappa shape index (κ1) is 18.8. The Morgan fingerprint density at radius 3 is 2.31 bits per heavy atom. The fourth-order valence-corrected chi connectivity index (χ4v) is 1.35. The minimum atomic E-state index is 0.847. The first-order valence-electron chi connectivity index (χ1n) is 6.31. The quantitative estimate of drug-likeness (QED) is 0.231. The standard InChI is InChI=1S/C14H25.ClH.Zn/c1-4-7-10-13-14(11-8-5-2)12-9-6-3;;/h5,8H,4,6-7,9-12H2,1-3H3;1H;/q-1;;+2/p-1/b8-5+;;. The summed E-state index contributed by atoms with van der Waals surface area (Å²) in [5, 5.41) is 0. The molecule has 0 fully saturated rings. The number of rotatable bonds is 8. The summed E-state index contributed by atoms with van der Waals surface area (Å²) >= 11 is 0.847. The summed E-state index contributed by atoms with van der Waals surface area (Å²) in [5.41, 5.74) is 1.51. The van der Waals surface area contributed by atoms with Gasteiger partial charge < -0.3 is 6.08 Å². The van der Waals surface area contributed by atoms with Crippen LogP contribution in [-0.4, -0.2) is 0 Å². The second kappa shape index (κ2) is 17.8. The van der Waals surface area contributed by atoms with Crippen LogP contribution in [0.15, 0.2) is 17.7 Å². The number of halogens is 1. The third kappa shape index (κ3) is 14.4. The molecule has 0 aromatic carbocycles. The molecule has 0 aliphatic rings. The van der Waals surface area contributed by atoms with Gasteiger partial charge in [-0.2, -0.15) is 6.42 Å². The summed E-state index contributed by atoms with van der Waals surface area (Å²) in [4.78, 5) is 0. The molecule has 90 valence electrons. The van der Waals surface area contributed by atoms with Crippen LogP contribution >= 0.6 is 9.69 Å². The average molecular weight is 294 g/mol. The summed E-state index contributed by atoms with van der Waals surface area (Å²) in [5.74, 6) is 0. The van der Waals surface area contributed by atoms with Crippen LogP contribution in [0.5, 0.6) is 0 Å². The molecule has 0 aromatic heterocycles. The molecule has 0 rings (SSSR count).